The zero-order chi connectivity index (χ0) is 14.8. The predicted molar refractivity (Wildman–Crippen MR) is 60.6 cm³/mol. The van der Waals surface area contributed by atoms with Gasteiger partial charge in [-0.1, -0.05) is 0 Å². The molecule has 0 aliphatic carbocycles. The van der Waals surface area contributed by atoms with Crippen molar-refractivity contribution >= 4 is 0 Å². The number of hydrogen-bond acceptors (Lipinski definition) is 8. The lowest BCUT2D eigenvalue weighted by atomic mass is 9.98. The zero-order valence-corrected chi connectivity index (χ0v) is 10.7. The Kier molecular flexibility index (Phi) is 5.23. The molecular formula is C11H19NO7. The van der Waals surface area contributed by atoms with Gasteiger partial charge < -0.3 is 35.0 Å². The number of hydrogen-bond donors (Lipinski definition) is 5. The van der Waals surface area contributed by atoms with Crippen LogP contribution in [0.25, 0.3) is 0 Å². The van der Waals surface area contributed by atoms with Crippen LogP contribution in [-0.2, 0) is 9.47 Å². The van der Waals surface area contributed by atoms with Crippen LogP contribution in [-0.4, -0.2) is 74.6 Å². The van der Waals surface area contributed by atoms with Crippen LogP contribution in [0.4, 0.5) is 0 Å². The Balaban J connectivity index is 2.80. The Bertz CT molecular complexity index is 335. The third kappa shape index (κ3) is 3.61. The Hall–Kier alpha value is -0.790. The van der Waals surface area contributed by atoms with E-state index in [9.17, 15) is 20.4 Å². The van der Waals surface area contributed by atoms with Crippen LogP contribution in [0.5, 0.6) is 0 Å². The highest BCUT2D eigenvalue weighted by Crippen LogP contribution is 2.25. The molecule has 0 amide bonds. The molecule has 0 radical (unpaired) electrons. The molecule has 0 spiro atoms. The normalized spacial score (nSPS) is 37.7. The minimum absolute atomic E-state index is 0.593. The predicted octanol–water partition coefficient (Wildman–Crippen LogP) is -2.53. The average Bonchev–Trinajstić information content (AvgIpc) is 2.34. The van der Waals surface area contributed by atoms with Gasteiger partial charge in [-0.3, -0.25) is 0 Å². The van der Waals surface area contributed by atoms with Crippen molar-refractivity contribution in [2.24, 2.45) is 0 Å². The number of aliphatic hydroxyl groups excluding tert-OH is 4. The molecule has 5 N–H and O–H groups in total. The maximum Gasteiger partial charge on any atom is 0.188 e. The van der Waals surface area contributed by atoms with E-state index in [0.717, 1.165) is 0 Å². The fourth-order valence-corrected chi connectivity index (χ4v) is 1.67. The van der Waals surface area contributed by atoms with E-state index in [4.69, 9.17) is 19.8 Å². The van der Waals surface area contributed by atoms with E-state index in [1.54, 1.807) is 6.07 Å². The van der Waals surface area contributed by atoms with Crippen LogP contribution < -0.4 is 0 Å². The van der Waals surface area contributed by atoms with E-state index < -0.39 is 49.0 Å². The monoisotopic (exact) mass is 277 g/mol. The molecule has 0 aromatic heterocycles. The van der Waals surface area contributed by atoms with Crippen molar-refractivity contribution in [3.05, 3.63) is 0 Å². The third-order valence-corrected chi connectivity index (χ3v) is 2.88. The smallest absolute Gasteiger partial charge is 0.188 e. The summed E-state index contributed by atoms with van der Waals surface area (Å²) in [6.07, 6.45) is -8.55. The first-order chi connectivity index (χ1) is 8.72. The van der Waals surface area contributed by atoms with Gasteiger partial charge in [-0.2, -0.15) is 5.26 Å². The summed E-state index contributed by atoms with van der Waals surface area (Å²) < 4.78 is 10.2. The topological polar surface area (TPSA) is 143 Å². The van der Waals surface area contributed by atoms with Crippen molar-refractivity contribution in [2.45, 2.75) is 56.3 Å². The summed E-state index contributed by atoms with van der Waals surface area (Å²) >= 11 is 0. The summed E-state index contributed by atoms with van der Waals surface area (Å²) in [5.41, 5.74) is -1.51. The lowest BCUT2D eigenvalue weighted by Gasteiger charge is -2.41. The maximum atomic E-state index is 9.70. The van der Waals surface area contributed by atoms with Gasteiger partial charge in [0.2, 0.25) is 0 Å². The molecule has 8 nitrogen and oxygen atoms in total. The molecule has 0 bridgehead atoms. The van der Waals surface area contributed by atoms with Gasteiger partial charge in [-0.25, -0.2) is 0 Å². The number of nitrogens with zero attached hydrogens (tertiary/aromatic N) is 1. The van der Waals surface area contributed by atoms with Crippen molar-refractivity contribution in [3.63, 3.8) is 0 Å². The fraction of sp³-hybridized carbons (Fsp3) is 0.909. The minimum Gasteiger partial charge on any atom is -0.394 e. The zero-order valence-electron chi connectivity index (χ0n) is 10.7. The summed E-state index contributed by atoms with van der Waals surface area (Å²) in [7, 11) is 0. The fourth-order valence-electron chi connectivity index (χ4n) is 1.67. The number of nitriles is 1. The molecule has 1 rings (SSSR count). The Morgan fingerprint density at radius 1 is 1.26 bits per heavy atom. The van der Waals surface area contributed by atoms with Crippen LogP contribution in [0.3, 0.4) is 0 Å². The van der Waals surface area contributed by atoms with Gasteiger partial charge in [0.15, 0.2) is 12.4 Å². The molecule has 0 saturated carbocycles. The summed E-state index contributed by atoms with van der Waals surface area (Å²) in [5, 5.41) is 56.4. The van der Waals surface area contributed by atoms with Crippen molar-refractivity contribution < 1.29 is 35.0 Å². The van der Waals surface area contributed by atoms with E-state index in [2.05, 4.69) is 0 Å². The summed E-state index contributed by atoms with van der Waals surface area (Å²) in [6, 6.07) is 1.70. The molecule has 19 heavy (non-hydrogen) atoms. The molecule has 6 atom stereocenters. The summed E-state index contributed by atoms with van der Waals surface area (Å²) in [4.78, 5) is 0. The van der Waals surface area contributed by atoms with Crippen molar-refractivity contribution in [1.82, 2.24) is 0 Å². The van der Waals surface area contributed by atoms with E-state index >= 15 is 0 Å². The number of aliphatic hydroxyl groups is 5. The van der Waals surface area contributed by atoms with Crippen molar-refractivity contribution in [3.8, 4) is 6.07 Å². The molecule has 1 aliphatic rings. The summed E-state index contributed by atoms with van der Waals surface area (Å²) in [5.74, 6) is 0. The quantitative estimate of drug-likeness (QED) is 0.378. The maximum absolute atomic E-state index is 9.70. The van der Waals surface area contributed by atoms with Gasteiger partial charge in [0.25, 0.3) is 0 Å². The number of ether oxygens (including phenoxy) is 2. The Morgan fingerprint density at radius 3 is 2.26 bits per heavy atom. The second-order valence-corrected chi connectivity index (χ2v) is 5.00. The van der Waals surface area contributed by atoms with Crippen molar-refractivity contribution in [2.75, 3.05) is 6.61 Å². The van der Waals surface area contributed by atoms with E-state index in [1.807, 2.05) is 0 Å². The van der Waals surface area contributed by atoms with Crippen LogP contribution >= 0.6 is 0 Å². The van der Waals surface area contributed by atoms with Crippen LogP contribution in [0.1, 0.15) is 13.8 Å². The molecular weight excluding hydrogens is 258 g/mol. The highest BCUT2D eigenvalue weighted by Gasteiger charge is 2.46. The van der Waals surface area contributed by atoms with Gasteiger partial charge in [0.1, 0.15) is 24.4 Å². The molecule has 110 valence electrons. The first kappa shape index (κ1) is 16.3. The van der Waals surface area contributed by atoms with E-state index in [-0.39, 0.29) is 0 Å². The third-order valence-electron chi connectivity index (χ3n) is 2.88. The van der Waals surface area contributed by atoms with Gasteiger partial charge in [-0.15, -0.1) is 0 Å². The molecule has 1 heterocycles. The highest BCUT2D eigenvalue weighted by molar-refractivity contribution is 4.98. The van der Waals surface area contributed by atoms with Gasteiger partial charge >= 0.3 is 0 Å². The molecule has 8 heteroatoms. The lowest BCUT2D eigenvalue weighted by molar-refractivity contribution is -0.315. The molecule has 0 aromatic rings. The van der Waals surface area contributed by atoms with Gasteiger partial charge in [-0.05, 0) is 13.8 Å². The second kappa shape index (κ2) is 6.11. The number of rotatable bonds is 4. The van der Waals surface area contributed by atoms with Crippen LogP contribution in [0, 0.1) is 11.3 Å². The largest absolute Gasteiger partial charge is 0.394 e. The van der Waals surface area contributed by atoms with Crippen molar-refractivity contribution in [1.29, 1.82) is 5.26 Å². The molecule has 0 unspecified atom stereocenters. The minimum atomic E-state index is -1.60. The van der Waals surface area contributed by atoms with Crippen LogP contribution in [0.15, 0.2) is 0 Å². The van der Waals surface area contributed by atoms with E-state index in [0.29, 0.717) is 0 Å². The molecule has 1 aliphatic heterocycles. The Labute approximate surface area is 110 Å². The Morgan fingerprint density at radius 2 is 1.84 bits per heavy atom. The molecule has 0 aromatic carbocycles. The second-order valence-electron chi connectivity index (χ2n) is 5.00. The molecule has 1 saturated heterocycles. The van der Waals surface area contributed by atoms with Gasteiger partial charge in [0.05, 0.1) is 18.3 Å². The van der Waals surface area contributed by atoms with E-state index in [1.165, 1.54) is 13.8 Å². The SMILES string of the molecule is CC(C)(O)[C@H](C#N)O[C@@H]1O[C@H](CO)[C@@H](O)[C@H](O)[C@H]1O. The van der Waals surface area contributed by atoms with Crippen LogP contribution in [0.2, 0.25) is 0 Å². The lowest BCUT2D eigenvalue weighted by Crippen LogP contribution is -2.60. The first-order valence-corrected chi connectivity index (χ1v) is 5.80. The standard InChI is InChI=1S/C11H19NO7/c1-11(2,17)6(3-12)19-10-9(16)8(15)7(14)5(4-13)18-10/h5-10,13-17H,4H2,1-2H3/t5-,6+,7-,8+,9-,10+/m1/s1. The average molecular weight is 277 g/mol. The summed E-state index contributed by atoms with van der Waals surface area (Å²) in [6.45, 7) is 2.08. The highest BCUT2D eigenvalue weighted by atomic mass is 16.7. The first-order valence-electron chi connectivity index (χ1n) is 5.80. The molecule has 1 fully saturated rings. The van der Waals surface area contributed by atoms with Gasteiger partial charge in [0, 0.05) is 0 Å².